The van der Waals surface area contributed by atoms with Crippen molar-refractivity contribution < 1.29 is 4.79 Å². The number of unbranched alkanes of at least 4 members (excludes halogenated alkanes) is 2. The maximum Gasteiger partial charge on any atom is 0.233 e. The Bertz CT molecular complexity index is 426. The number of carbonyl (C=O) groups excluding carboxylic acids is 1. The van der Waals surface area contributed by atoms with E-state index in [4.69, 9.17) is 5.73 Å². The molecule has 106 valence electrons. The van der Waals surface area contributed by atoms with Gasteiger partial charge in [0.15, 0.2) is 0 Å². The number of thioether (sulfide) groups is 1. The number of benzene rings is 1. The Morgan fingerprint density at radius 3 is 2.89 bits per heavy atom. The van der Waals surface area contributed by atoms with E-state index in [9.17, 15) is 4.79 Å². The Hall–Kier alpha value is -0.680. The van der Waals surface area contributed by atoms with Crippen LogP contribution in [0.4, 0.5) is 5.69 Å². The van der Waals surface area contributed by atoms with Gasteiger partial charge < -0.3 is 11.1 Å². The molecule has 1 rings (SSSR count). The van der Waals surface area contributed by atoms with Crippen LogP contribution in [0.1, 0.15) is 33.1 Å². The maximum absolute atomic E-state index is 11.9. The lowest BCUT2D eigenvalue weighted by Gasteiger charge is -2.13. The molecule has 0 aliphatic carbocycles. The summed E-state index contributed by atoms with van der Waals surface area (Å²) in [7, 11) is 0. The summed E-state index contributed by atoms with van der Waals surface area (Å²) in [6.07, 6.45) is 3.35. The van der Waals surface area contributed by atoms with Gasteiger partial charge >= 0.3 is 0 Å². The van der Waals surface area contributed by atoms with E-state index in [2.05, 4.69) is 28.2 Å². The van der Waals surface area contributed by atoms with E-state index in [0.29, 0.717) is 5.69 Å². The SMILES string of the molecule is CCCCCNC(=O)C(C)Sc1cc(Br)ccc1N. The van der Waals surface area contributed by atoms with Crippen LogP contribution in [0, 0.1) is 0 Å². The van der Waals surface area contributed by atoms with Gasteiger partial charge in [-0.25, -0.2) is 0 Å². The van der Waals surface area contributed by atoms with Crippen molar-refractivity contribution in [2.75, 3.05) is 12.3 Å². The quantitative estimate of drug-likeness (QED) is 0.449. The van der Waals surface area contributed by atoms with Gasteiger partial charge in [0.25, 0.3) is 0 Å². The lowest BCUT2D eigenvalue weighted by molar-refractivity contribution is -0.120. The molecule has 0 heterocycles. The summed E-state index contributed by atoms with van der Waals surface area (Å²) in [4.78, 5) is 12.9. The summed E-state index contributed by atoms with van der Waals surface area (Å²) in [5.41, 5.74) is 6.61. The molecule has 19 heavy (non-hydrogen) atoms. The van der Waals surface area contributed by atoms with Crippen molar-refractivity contribution in [3.05, 3.63) is 22.7 Å². The largest absolute Gasteiger partial charge is 0.398 e. The molecule has 1 aromatic rings. The topological polar surface area (TPSA) is 55.1 Å². The Labute approximate surface area is 127 Å². The van der Waals surface area contributed by atoms with E-state index in [1.165, 1.54) is 11.8 Å². The summed E-state index contributed by atoms with van der Waals surface area (Å²) in [6, 6.07) is 5.69. The second-order valence-electron chi connectivity index (χ2n) is 4.44. The van der Waals surface area contributed by atoms with Crippen LogP contribution in [-0.2, 0) is 4.79 Å². The van der Waals surface area contributed by atoms with E-state index in [-0.39, 0.29) is 11.2 Å². The van der Waals surface area contributed by atoms with Crippen molar-refractivity contribution in [1.29, 1.82) is 0 Å². The summed E-state index contributed by atoms with van der Waals surface area (Å²) < 4.78 is 0.972. The highest BCUT2D eigenvalue weighted by atomic mass is 79.9. The minimum Gasteiger partial charge on any atom is -0.398 e. The first-order valence-corrected chi connectivity index (χ1v) is 8.21. The molecule has 1 atom stereocenters. The third-order valence-electron chi connectivity index (χ3n) is 2.73. The molecular formula is C14H21BrN2OS. The van der Waals surface area contributed by atoms with E-state index in [0.717, 1.165) is 35.2 Å². The van der Waals surface area contributed by atoms with Crippen LogP contribution in [0.5, 0.6) is 0 Å². The van der Waals surface area contributed by atoms with E-state index >= 15 is 0 Å². The van der Waals surface area contributed by atoms with Crippen molar-refractivity contribution in [3.63, 3.8) is 0 Å². The molecule has 0 aliphatic heterocycles. The molecule has 3 nitrogen and oxygen atoms in total. The van der Waals surface area contributed by atoms with Gasteiger partial charge in [-0.2, -0.15) is 0 Å². The van der Waals surface area contributed by atoms with Crippen LogP contribution < -0.4 is 11.1 Å². The summed E-state index contributed by atoms with van der Waals surface area (Å²) in [6.45, 7) is 4.81. The van der Waals surface area contributed by atoms with Crippen molar-refractivity contribution in [2.24, 2.45) is 0 Å². The number of amides is 1. The third kappa shape index (κ3) is 5.87. The molecule has 1 aromatic carbocycles. The number of anilines is 1. The number of hydrogen-bond donors (Lipinski definition) is 2. The average Bonchev–Trinajstić information content (AvgIpc) is 2.38. The zero-order valence-electron chi connectivity index (χ0n) is 11.4. The molecular weight excluding hydrogens is 324 g/mol. The second-order valence-corrected chi connectivity index (χ2v) is 6.74. The smallest absolute Gasteiger partial charge is 0.233 e. The summed E-state index contributed by atoms with van der Waals surface area (Å²) in [5, 5.41) is 2.82. The molecule has 0 spiro atoms. The fourth-order valence-corrected chi connectivity index (χ4v) is 3.07. The monoisotopic (exact) mass is 344 g/mol. The molecule has 0 saturated heterocycles. The zero-order valence-corrected chi connectivity index (χ0v) is 13.8. The minimum atomic E-state index is -0.141. The van der Waals surface area contributed by atoms with Gasteiger partial charge in [0.05, 0.1) is 5.25 Å². The van der Waals surface area contributed by atoms with Gasteiger partial charge in [-0.05, 0) is 31.5 Å². The van der Waals surface area contributed by atoms with Crippen LogP contribution in [0.2, 0.25) is 0 Å². The second kappa shape index (κ2) is 8.48. The van der Waals surface area contributed by atoms with Crippen LogP contribution >= 0.6 is 27.7 Å². The van der Waals surface area contributed by atoms with Gasteiger partial charge in [0.1, 0.15) is 0 Å². The molecule has 0 saturated carbocycles. The first kappa shape index (κ1) is 16.4. The standard InChI is InChI=1S/C14H21BrN2OS/c1-3-4-5-8-17-14(18)10(2)19-13-9-11(15)6-7-12(13)16/h6-7,9-10H,3-5,8,16H2,1-2H3,(H,17,18). The molecule has 0 radical (unpaired) electrons. The van der Waals surface area contributed by atoms with E-state index < -0.39 is 0 Å². The highest BCUT2D eigenvalue weighted by Gasteiger charge is 2.15. The lowest BCUT2D eigenvalue weighted by atomic mass is 10.2. The van der Waals surface area contributed by atoms with Gasteiger partial charge in [0, 0.05) is 21.6 Å². The third-order valence-corrected chi connectivity index (χ3v) is 4.40. The van der Waals surface area contributed by atoms with Crippen LogP contribution in [0.15, 0.2) is 27.6 Å². The fourth-order valence-electron chi connectivity index (χ4n) is 1.58. The molecule has 0 fully saturated rings. The first-order chi connectivity index (χ1) is 9.04. The number of carbonyl (C=O) groups is 1. The molecule has 0 aromatic heterocycles. The minimum absolute atomic E-state index is 0.0699. The number of hydrogen-bond acceptors (Lipinski definition) is 3. The van der Waals surface area contributed by atoms with Crippen molar-refractivity contribution >= 4 is 39.3 Å². The van der Waals surface area contributed by atoms with Gasteiger partial charge in [0.2, 0.25) is 5.91 Å². The van der Waals surface area contributed by atoms with Gasteiger partial charge in [-0.1, -0.05) is 35.7 Å². The molecule has 0 aliphatic rings. The van der Waals surface area contributed by atoms with Crippen LogP contribution in [0.3, 0.4) is 0 Å². The number of nitrogen functional groups attached to an aromatic ring is 1. The fraction of sp³-hybridized carbons (Fsp3) is 0.500. The number of halogens is 1. The van der Waals surface area contributed by atoms with Gasteiger partial charge in [-0.15, -0.1) is 11.8 Å². The van der Waals surface area contributed by atoms with Crippen LogP contribution in [0.25, 0.3) is 0 Å². The predicted octanol–water partition coefficient (Wildman–Crippen LogP) is 3.82. The average molecular weight is 345 g/mol. The Morgan fingerprint density at radius 1 is 1.47 bits per heavy atom. The zero-order chi connectivity index (χ0) is 14.3. The molecule has 1 unspecified atom stereocenters. The number of nitrogens with two attached hydrogens (primary N) is 1. The number of rotatable bonds is 7. The molecule has 3 N–H and O–H groups in total. The van der Waals surface area contributed by atoms with Gasteiger partial charge in [-0.3, -0.25) is 4.79 Å². The maximum atomic E-state index is 11.9. The predicted molar refractivity (Wildman–Crippen MR) is 86.4 cm³/mol. The summed E-state index contributed by atoms with van der Waals surface area (Å²) in [5.74, 6) is 0.0699. The van der Waals surface area contributed by atoms with Crippen molar-refractivity contribution in [1.82, 2.24) is 5.32 Å². The number of nitrogens with one attached hydrogen (secondary N) is 1. The van der Waals surface area contributed by atoms with E-state index in [1.807, 2.05) is 25.1 Å². The molecule has 1 amide bonds. The van der Waals surface area contributed by atoms with Crippen molar-refractivity contribution in [3.8, 4) is 0 Å². The first-order valence-electron chi connectivity index (χ1n) is 6.54. The normalized spacial score (nSPS) is 12.2. The highest BCUT2D eigenvalue weighted by molar-refractivity contribution is 9.10. The lowest BCUT2D eigenvalue weighted by Crippen LogP contribution is -2.31. The highest BCUT2D eigenvalue weighted by Crippen LogP contribution is 2.31. The Kier molecular flexibility index (Phi) is 7.31. The van der Waals surface area contributed by atoms with E-state index in [1.54, 1.807) is 0 Å². The molecule has 5 heteroatoms. The van der Waals surface area contributed by atoms with Crippen molar-refractivity contribution in [2.45, 2.75) is 43.3 Å². The molecule has 0 bridgehead atoms. The Balaban J connectivity index is 2.47. The Morgan fingerprint density at radius 2 is 2.21 bits per heavy atom. The van der Waals surface area contributed by atoms with Crippen LogP contribution in [-0.4, -0.2) is 17.7 Å². The summed E-state index contributed by atoms with van der Waals surface area (Å²) >= 11 is 4.90.